The van der Waals surface area contributed by atoms with Crippen LogP contribution >= 0.6 is 11.6 Å². The maximum atomic E-state index is 10.6. The minimum Gasteiger partial charge on any atom is -0.395 e. The molecule has 0 atom stereocenters. The zero-order valence-corrected chi connectivity index (χ0v) is 8.21. The Bertz CT molecular complexity index is 388. The molecule has 0 spiro atoms. The van der Waals surface area contributed by atoms with Crippen molar-refractivity contribution in [1.82, 2.24) is 0 Å². The van der Waals surface area contributed by atoms with Crippen molar-refractivity contribution in [3.63, 3.8) is 0 Å². The Hall–Kier alpha value is -1.30. The van der Waals surface area contributed by atoms with Crippen molar-refractivity contribution in [1.29, 1.82) is 0 Å². The average molecular weight is 209 g/mol. The quantitative estimate of drug-likeness (QED) is 0.595. The van der Waals surface area contributed by atoms with Gasteiger partial charge in [0.05, 0.1) is 6.61 Å². The van der Waals surface area contributed by atoms with Gasteiger partial charge in [-0.3, -0.25) is 4.79 Å². The van der Waals surface area contributed by atoms with Crippen molar-refractivity contribution in [3.8, 4) is 11.8 Å². The predicted molar refractivity (Wildman–Crippen MR) is 55.4 cm³/mol. The number of aldehydes is 1. The Balaban J connectivity index is 3.00. The number of rotatable bonds is 2. The second-order valence-electron chi connectivity index (χ2n) is 2.62. The lowest BCUT2D eigenvalue weighted by atomic mass is 10.1. The van der Waals surface area contributed by atoms with Crippen LogP contribution in [0.15, 0.2) is 18.2 Å². The lowest BCUT2D eigenvalue weighted by Gasteiger charge is -1.96. The first kappa shape index (κ1) is 10.8. The number of benzene rings is 1. The minimum atomic E-state index is 0.0178. The van der Waals surface area contributed by atoms with Gasteiger partial charge in [0.15, 0.2) is 6.29 Å². The van der Waals surface area contributed by atoms with Crippen LogP contribution in [0.5, 0.6) is 0 Å². The first-order valence-electron chi connectivity index (χ1n) is 4.12. The Morgan fingerprint density at radius 3 is 2.93 bits per heavy atom. The smallest absolute Gasteiger partial charge is 0.151 e. The molecule has 72 valence electrons. The molecule has 0 aliphatic rings. The number of carbonyl (C=O) groups excluding carboxylic acids is 1. The molecule has 0 aliphatic heterocycles. The summed E-state index contributed by atoms with van der Waals surface area (Å²) in [6.45, 7) is 0.0178. The summed E-state index contributed by atoms with van der Waals surface area (Å²) in [6.07, 6.45) is 1.13. The first-order chi connectivity index (χ1) is 6.77. The van der Waals surface area contributed by atoms with Crippen LogP contribution in [0, 0.1) is 11.8 Å². The molecule has 1 rings (SSSR count). The van der Waals surface area contributed by atoms with Crippen molar-refractivity contribution in [2.75, 3.05) is 6.61 Å². The van der Waals surface area contributed by atoms with Crippen LogP contribution in [0.4, 0.5) is 0 Å². The van der Waals surface area contributed by atoms with Gasteiger partial charge in [-0.1, -0.05) is 23.4 Å². The van der Waals surface area contributed by atoms with Gasteiger partial charge in [-0.05, 0) is 18.2 Å². The summed E-state index contributed by atoms with van der Waals surface area (Å²) in [7, 11) is 0. The molecule has 0 radical (unpaired) electrons. The predicted octanol–water partition coefficient (Wildman–Crippen LogP) is 1.89. The van der Waals surface area contributed by atoms with Crippen LogP contribution in [0.25, 0.3) is 0 Å². The molecule has 0 saturated heterocycles. The van der Waals surface area contributed by atoms with Crippen LogP contribution in [0.3, 0.4) is 0 Å². The lowest BCUT2D eigenvalue weighted by Crippen LogP contribution is -1.87. The van der Waals surface area contributed by atoms with E-state index in [1.165, 1.54) is 0 Å². The molecule has 3 heteroatoms. The van der Waals surface area contributed by atoms with Gasteiger partial charge in [0.1, 0.15) is 0 Å². The van der Waals surface area contributed by atoms with E-state index >= 15 is 0 Å². The molecule has 1 N–H and O–H groups in total. The summed E-state index contributed by atoms with van der Waals surface area (Å²) in [5.41, 5.74) is 1.11. The third-order valence-corrected chi connectivity index (χ3v) is 1.84. The fourth-order valence-electron chi connectivity index (χ4n) is 0.953. The summed E-state index contributed by atoms with van der Waals surface area (Å²) >= 11 is 5.75. The Morgan fingerprint density at radius 2 is 2.29 bits per heavy atom. The van der Waals surface area contributed by atoms with Gasteiger partial charge < -0.3 is 5.11 Å². The van der Waals surface area contributed by atoms with Gasteiger partial charge in [0.25, 0.3) is 0 Å². The fourth-order valence-corrected chi connectivity index (χ4v) is 1.13. The second-order valence-corrected chi connectivity index (χ2v) is 3.06. The maximum absolute atomic E-state index is 10.6. The average Bonchev–Trinajstić information content (AvgIpc) is 2.19. The van der Waals surface area contributed by atoms with Gasteiger partial charge in [-0.15, -0.1) is 0 Å². The van der Waals surface area contributed by atoms with Crippen molar-refractivity contribution >= 4 is 17.9 Å². The van der Waals surface area contributed by atoms with Gasteiger partial charge in [-0.25, -0.2) is 0 Å². The standard InChI is InChI=1S/C11H9ClO2/c12-11-5-4-10(8-14)9(7-11)3-1-2-6-13/h4-5,7-8,13H,2,6H2. The molecule has 0 unspecified atom stereocenters. The van der Waals surface area contributed by atoms with Crippen molar-refractivity contribution in [2.24, 2.45) is 0 Å². The monoisotopic (exact) mass is 208 g/mol. The van der Waals surface area contributed by atoms with Crippen LogP contribution in [-0.4, -0.2) is 18.0 Å². The van der Waals surface area contributed by atoms with Gasteiger partial charge in [0, 0.05) is 22.6 Å². The van der Waals surface area contributed by atoms with E-state index in [-0.39, 0.29) is 6.61 Å². The number of halogens is 1. The molecule has 0 bridgehead atoms. The zero-order valence-electron chi connectivity index (χ0n) is 7.46. The van der Waals surface area contributed by atoms with Crippen molar-refractivity contribution < 1.29 is 9.90 Å². The summed E-state index contributed by atoms with van der Waals surface area (Å²) in [4.78, 5) is 10.6. The number of hydrogen-bond donors (Lipinski definition) is 1. The highest BCUT2D eigenvalue weighted by Crippen LogP contribution is 2.13. The van der Waals surface area contributed by atoms with E-state index in [0.29, 0.717) is 22.6 Å². The number of carbonyl (C=O) groups is 1. The Labute approximate surface area is 87.5 Å². The first-order valence-corrected chi connectivity index (χ1v) is 4.50. The molecule has 0 aliphatic carbocycles. The summed E-state index contributed by atoms with van der Waals surface area (Å²) in [5.74, 6) is 5.52. The van der Waals surface area contributed by atoms with E-state index in [0.717, 1.165) is 6.29 Å². The molecule has 2 nitrogen and oxygen atoms in total. The number of aliphatic hydroxyl groups is 1. The summed E-state index contributed by atoms with van der Waals surface area (Å²) in [5, 5.41) is 9.07. The molecule has 0 fully saturated rings. The third kappa shape index (κ3) is 2.88. The fraction of sp³-hybridized carbons (Fsp3) is 0.182. The van der Waals surface area contributed by atoms with Gasteiger partial charge in [0.2, 0.25) is 0 Å². The van der Waals surface area contributed by atoms with Crippen LogP contribution in [0.1, 0.15) is 22.3 Å². The number of aliphatic hydroxyl groups excluding tert-OH is 1. The van der Waals surface area contributed by atoms with E-state index in [2.05, 4.69) is 11.8 Å². The van der Waals surface area contributed by atoms with Crippen LogP contribution < -0.4 is 0 Å². The highest BCUT2D eigenvalue weighted by atomic mass is 35.5. The minimum absolute atomic E-state index is 0.0178. The molecular weight excluding hydrogens is 200 g/mol. The highest BCUT2D eigenvalue weighted by molar-refractivity contribution is 6.30. The van der Waals surface area contributed by atoms with E-state index < -0.39 is 0 Å². The molecule has 0 heterocycles. The highest BCUT2D eigenvalue weighted by Gasteiger charge is 1.98. The van der Waals surface area contributed by atoms with Gasteiger partial charge in [-0.2, -0.15) is 0 Å². The SMILES string of the molecule is O=Cc1ccc(Cl)cc1C#CCCO. The molecule has 0 saturated carbocycles. The van der Waals surface area contributed by atoms with E-state index in [4.69, 9.17) is 16.7 Å². The Morgan fingerprint density at radius 1 is 1.50 bits per heavy atom. The van der Waals surface area contributed by atoms with E-state index in [1.807, 2.05) is 0 Å². The maximum Gasteiger partial charge on any atom is 0.151 e. The van der Waals surface area contributed by atoms with Crippen molar-refractivity contribution in [2.45, 2.75) is 6.42 Å². The normalized spacial score (nSPS) is 9.00. The largest absolute Gasteiger partial charge is 0.395 e. The van der Waals surface area contributed by atoms with Gasteiger partial charge >= 0.3 is 0 Å². The lowest BCUT2D eigenvalue weighted by molar-refractivity contribution is 0.112. The summed E-state index contributed by atoms with van der Waals surface area (Å²) < 4.78 is 0. The molecule has 14 heavy (non-hydrogen) atoms. The number of hydrogen-bond acceptors (Lipinski definition) is 2. The van der Waals surface area contributed by atoms with Crippen LogP contribution in [-0.2, 0) is 0 Å². The van der Waals surface area contributed by atoms with Crippen molar-refractivity contribution in [3.05, 3.63) is 34.3 Å². The second kappa shape index (κ2) is 5.43. The van der Waals surface area contributed by atoms with E-state index in [1.54, 1.807) is 18.2 Å². The zero-order chi connectivity index (χ0) is 10.4. The summed E-state index contributed by atoms with van der Waals surface area (Å²) in [6, 6.07) is 4.90. The topological polar surface area (TPSA) is 37.3 Å². The third-order valence-electron chi connectivity index (χ3n) is 1.60. The Kier molecular flexibility index (Phi) is 4.18. The molecule has 0 aromatic heterocycles. The molecule has 1 aromatic rings. The molecule has 0 amide bonds. The molecule has 1 aromatic carbocycles. The van der Waals surface area contributed by atoms with Crippen LogP contribution in [0.2, 0.25) is 5.02 Å². The molecular formula is C11H9ClO2. The van der Waals surface area contributed by atoms with E-state index in [9.17, 15) is 4.79 Å².